The van der Waals surface area contributed by atoms with Gasteiger partial charge in [-0.3, -0.25) is 4.79 Å². The number of aliphatic hydroxyl groups excluding tert-OH is 1. The molecule has 0 heterocycles. The molecule has 2 N–H and O–H groups in total. The highest BCUT2D eigenvalue weighted by atomic mass is 32.2. The third-order valence-corrected chi connectivity index (χ3v) is 3.29. The van der Waals surface area contributed by atoms with Gasteiger partial charge < -0.3 is 10.4 Å². The summed E-state index contributed by atoms with van der Waals surface area (Å²) in [6.45, 7) is 1.77. The number of hydrogen-bond donors (Lipinski definition) is 2. The number of carbonyl (C=O) groups excluding carboxylic acids is 1. The van der Waals surface area contributed by atoms with Crippen LogP contribution < -0.4 is 5.32 Å². The number of rotatable bonds is 6. The van der Waals surface area contributed by atoms with Crippen molar-refractivity contribution in [3.8, 4) is 0 Å². The van der Waals surface area contributed by atoms with E-state index in [0.29, 0.717) is 12.2 Å². The van der Waals surface area contributed by atoms with Crippen LogP contribution in [0.1, 0.15) is 22.3 Å². The first-order valence-corrected chi connectivity index (χ1v) is 7.14. The zero-order chi connectivity index (χ0) is 13.5. The van der Waals surface area contributed by atoms with Gasteiger partial charge in [-0.2, -0.15) is 11.8 Å². The second-order valence-corrected chi connectivity index (χ2v) is 5.03. The van der Waals surface area contributed by atoms with Crippen molar-refractivity contribution in [1.29, 1.82) is 0 Å². The van der Waals surface area contributed by atoms with Gasteiger partial charge in [0.05, 0.1) is 5.56 Å². The number of carbonyl (C=O) groups is 1. The summed E-state index contributed by atoms with van der Waals surface area (Å²) in [6, 6.07) is 4.38. The molecule has 5 heteroatoms. The number of hydrogen-bond acceptors (Lipinski definition) is 3. The summed E-state index contributed by atoms with van der Waals surface area (Å²) in [4.78, 5) is 11.9. The molecule has 0 aliphatic rings. The summed E-state index contributed by atoms with van der Waals surface area (Å²) >= 11 is 1.57. The van der Waals surface area contributed by atoms with E-state index in [2.05, 4.69) is 5.32 Å². The fraction of sp³-hybridized carbons (Fsp3) is 0.462. The van der Waals surface area contributed by atoms with Crippen molar-refractivity contribution in [2.75, 3.05) is 18.6 Å². The molecular formula is C13H18FNO2S. The van der Waals surface area contributed by atoms with Crippen LogP contribution in [0.3, 0.4) is 0 Å². The minimum absolute atomic E-state index is 0.00187. The Morgan fingerprint density at radius 3 is 2.83 bits per heavy atom. The van der Waals surface area contributed by atoms with E-state index in [1.54, 1.807) is 24.8 Å². The second kappa shape index (κ2) is 7.38. The lowest BCUT2D eigenvalue weighted by Crippen LogP contribution is -2.37. The molecule has 1 amide bonds. The third kappa shape index (κ3) is 4.31. The Labute approximate surface area is 111 Å². The Kier molecular flexibility index (Phi) is 6.15. The van der Waals surface area contributed by atoms with Crippen molar-refractivity contribution >= 4 is 17.7 Å². The fourth-order valence-electron chi connectivity index (χ4n) is 1.62. The molecule has 0 radical (unpaired) electrons. The smallest absolute Gasteiger partial charge is 0.254 e. The Morgan fingerprint density at radius 1 is 1.56 bits per heavy atom. The van der Waals surface area contributed by atoms with Crippen LogP contribution >= 0.6 is 11.8 Å². The Morgan fingerprint density at radius 2 is 2.28 bits per heavy atom. The maximum absolute atomic E-state index is 13.6. The fourth-order valence-corrected chi connectivity index (χ4v) is 2.27. The van der Waals surface area contributed by atoms with Crippen LogP contribution in [0, 0.1) is 12.7 Å². The number of halogens is 1. The summed E-state index contributed by atoms with van der Waals surface area (Å²) in [6.07, 6.45) is 2.39. The van der Waals surface area contributed by atoms with Gasteiger partial charge in [0.1, 0.15) is 5.82 Å². The molecule has 0 aliphatic carbocycles. The van der Waals surface area contributed by atoms with E-state index in [-0.39, 0.29) is 18.2 Å². The van der Waals surface area contributed by atoms with E-state index in [9.17, 15) is 9.18 Å². The first-order chi connectivity index (χ1) is 8.58. The van der Waals surface area contributed by atoms with Crippen LogP contribution in [-0.2, 0) is 0 Å². The quantitative estimate of drug-likeness (QED) is 0.832. The Bertz CT molecular complexity index is 406. The lowest BCUT2D eigenvalue weighted by atomic mass is 10.1. The number of benzene rings is 1. The maximum Gasteiger partial charge on any atom is 0.254 e. The van der Waals surface area contributed by atoms with Gasteiger partial charge in [-0.05, 0) is 37.3 Å². The maximum atomic E-state index is 13.6. The zero-order valence-corrected chi connectivity index (χ0v) is 11.4. The monoisotopic (exact) mass is 271 g/mol. The number of nitrogens with one attached hydrogen (secondary N) is 1. The molecule has 18 heavy (non-hydrogen) atoms. The lowest BCUT2D eigenvalue weighted by Gasteiger charge is -2.17. The molecule has 1 atom stereocenters. The molecule has 0 aliphatic heterocycles. The van der Waals surface area contributed by atoms with Crippen LogP contribution in [0.25, 0.3) is 0 Å². The predicted octanol–water partition coefficient (Wildman–Crippen LogP) is 1.98. The number of aryl methyl sites for hydroxylation is 1. The van der Waals surface area contributed by atoms with Crippen molar-refractivity contribution < 1.29 is 14.3 Å². The van der Waals surface area contributed by atoms with E-state index in [4.69, 9.17) is 5.11 Å². The van der Waals surface area contributed by atoms with Crippen LogP contribution in [-0.4, -0.2) is 35.7 Å². The molecule has 0 spiro atoms. The SMILES string of the molecule is CSCC(CCO)NC(=O)c1ccc(C)cc1F. The highest BCUT2D eigenvalue weighted by Gasteiger charge is 2.16. The zero-order valence-electron chi connectivity index (χ0n) is 10.6. The van der Waals surface area contributed by atoms with Crippen molar-refractivity contribution in [3.63, 3.8) is 0 Å². The summed E-state index contributed by atoms with van der Waals surface area (Å²) in [5, 5.41) is 11.6. The molecule has 1 unspecified atom stereocenters. The molecular weight excluding hydrogens is 253 g/mol. The molecule has 1 aromatic carbocycles. The van der Waals surface area contributed by atoms with Gasteiger partial charge in [0.25, 0.3) is 5.91 Å². The summed E-state index contributed by atoms with van der Waals surface area (Å²) in [5.41, 5.74) is 0.824. The van der Waals surface area contributed by atoms with E-state index < -0.39 is 11.7 Å². The lowest BCUT2D eigenvalue weighted by molar-refractivity contribution is 0.0931. The largest absolute Gasteiger partial charge is 0.396 e. The standard InChI is InChI=1S/C13H18FNO2S/c1-9-3-4-11(12(14)7-9)13(17)15-10(5-6-16)8-18-2/h3-4,7,10,16H,5-6,8H2,1-2H3,(H,15,17). The molecule has 3 nitrogen and oxygen atoms in total. The average Bonchev–Trinajstić information content (AvgIpc) is 2.29. The minimum atomic E-state index is -0.514. The van der Waals surface area contributed by atoms with Crippen LogP contribution in [0.15, 0.2) is 18.2 Å². The van der Waals surface area contributed by atoms with Gasteiger partial charge in [0, 0.05) is 18.4 Å². The Hall–Kier alpha value is -1.07. The van der Waals surface area contributed by atoms with Gasteiger partial charge in [0.15, 0.2) is 0 Å². The topological polar surface area (TPSA) is 49.3 Å². The molecule has 100 valence electrons. The van der Waals surface area contributed by atoms with Gasteiger partial charge >= 0.3 is 0 Å². The van der Waals surface area contributed by atoms with Crippen molar-refractivity contribution in [2.24, 2.45) is 0 Å². The van der Waals surface area contributed by atoms with Gasteiger partial charge in [-0.15, -0.1) is 0 Å². The van der Waals surface area contributed by atoms with Crippen molar-refractivity contribution in [1.82, 2.24) is 5.32 Å². The highest BCUT2D eigenvalue weighted by Crippen LogP contribution is 2.11. The number of thioether (sulfide) groups is 1. The first kappa shape index (κ1) is 15.0. The molecule has 0 fully saturated rings. The van der Waals surface area contributed by atoms with E-state index in [1.165, 1.54) is 12.1 Å². The minimum Gasteiger partial charge on any atom is -0.396 e. The van der Waals surface area contributed by atoms with Gasteiger partial charge in [-0.1, -0.05) is 6.07 Å². The van der Waals surface area contributed by atoms with E-state index >= 15 is 0 Å². The first-order valence-electron chi connectivity index (χ1n) is 5.75. The molecule has 0 saturated carbocycles. The molecule has 0 bridgehead atoms. The molecule has 0 saturated heterocycles. The third-order valence-electron chi connectivity index (χ3n) is 2.55. The average molecular weight is 271 g/mol. The van der Waals surface area contributed by atoms with Crippen LogP contribution in [0.5, 0.6) is 0 Å². The molecule has 0 aromatic heterocycles. The number of amides is 1. The van der Waals surface area contributed by atoms with Crippen molar-refractivity contribution in [2.45, 2.75) is 19.4 Å². The van der Waals surface area contributed by atoms with E-state index in [0.717, 1.165) is 5.56 Å². The van der Waals surface area contributed by atoms with Crippen LogP contribution in [0.4, 0.5) is 4.39 Å². The predicted molar refractivity (Wildman–Crippen MR) is 72.5 cm³/mol. The molecule has 1 aromatic rings. The summed E-state index contributed by atoms with van der Waals surface area (Å²) in [5.74, 6) is -0.251. The summed E-state index contributed by atoms with van der Waals surface area (Å²) < 4.78 is 13.6. The van der Waals surface area contributed by atoms with Gasteiger partial charge in [0.2, 0.25) is 0 Å². The van der Waals surface area contributed by atoms with Crippen molar-refractivity contribution in [3.05, 3.63) is 35.1 Å². The molecule has 1 rings (SSSR count). The normalized spacial score (nSPS) is 12.2. The van der Waals surface area contributed by atoms with E-state index in [1.807, 2.05) is 6.26 Å². The Balaban J connectivity index is 2.73. The highest BCUT2D eigenvalue weighted by molar-refractivity contribution is 7.98. The number of aliphatic hydroxyl groups is 1. The second-order valence-electron chi connectivity index (χ2n) is 4.12. The summed E-state index contributed by atoms with van der Waals surface area (Å²) in [7, 11) is 0. The van der Waals surface area contributed by atoms with Gasteiger partial charge in [-0.25, -0.2) is 4.39 Å². The van der Waals surface area contributed by atoms with Crippen LogP contribution in [0.2, 0.25) is 0 Å².